The molecule has 0 amide bonds. The van der Waals surface area contributed by atoms with Crippen molar-refractivity contribution in [3.63, 3.8) is 0 Å². The Labute approximate surface area is 117 Å². The number of hydrogen-bond acceptors (Lipinski definition) is 4. The number of carboxylic acids is 1. The molecule has 1 aliphatic heterocycles. The quantitative estimate of drug-likeness (QED) is 0.750. The molecular weight excluding hydrogens is 242 g/mol. The number of carboxylic acid groups (broad SMARTS) is 1. The molecule has 5 heteroatoms. The van der Waals surface area contributed by atoms with Gasteiger partial charge in [-0.25, -0.2) is 0 Å². The predicted molar refractivity (Wildman–Crippen MR) is 77.5 cm³/mol. The van der Waals surface area contributed by atoms with Crippen molar-refractivity contribution in [2.45, 2.75) is 45.2 Å². The highest BCUT2D eigenvalue weighted by Gasteiger charge is 2.36. The molecule has 1 heterocycles. The molecule has 0 aliphatic carbocycles. The molecule has 0 aromatic heterocycles. The Morgan fingerprint density at radius 2 is 2.11 bits per heavy atom. The zero-order valence-electron chi connectivity index (χ0n) is 12.8. The Hall–Kier alpha value is -0.650. The average Bonchev–Trinajstić information content (AvgIpc) is 2.51. The number of nitrogens with one attached hydrogen (secondary N) is 1. The Balaban J connectivity index is 2.77. The fourth-order valence-electron chi connectivity index (χ4n) is 2.88. The van der Waals surface area contributed by atoms with Crippen molar-refractivity contribution in [3.8, 4) is 0 Å². The smallest absolute Gasteiger partial charge is 0.324 e. The van der Waals surface area contributed by atoms with E-state index in [2.05, 4.69) is 29.1 Å². The molecule has 5 nitrogen and oxygen atoms in total. The van der Waals surface area contributed by atoms with E-state index in [-0.39, 0.29) is 0 Å². The van der Waals surface area contributed by atoms with Gasteiger partial charge in [0.25, 0.3) is 0 Å². The highest BCUT2D eigenvalue weighted by atomic mass is 16.4. The molecule has 19 heavy (non-hydrogen) atoms. The second-order valence-corrected chi connectivity index (χ2v) is 5.82. The third-order valence-corrected chi connectivity index (χ3v) is 4.05. The van der Waals surface area contributed by atoms with Crippen LogP contribution < -0.4 is 5.32 Å². The average molecular weight is 271 g/mol. The molecule has 2 unspecified atom stereocenters. The van der Waals surface area contributed by atoms with Crippen LogP contribution in [0.4, 0.5) is 0 Å². The Bertz CT molecular complexity index is 298. The molecule has 1 rings (SSSR count). The number of hydrogen-bond donors (Lipinski definition) is 2. The number of carbonyl (C=O) groups is 1. The van der Waals surface area contributed by atoms with Crippen LogP contribution in [0.1, 0.15) is 33.6 Å². The van der Waals surface area contributed by atoms with Crippen molar-refractivity contribution in [1.29, 1.82) is 0 Å². The van der Waals surface area contributed by atoms with Crippen molar-refractivity contribution in [1.82, 2.24) is 15.1 Å². The Morgan fingerprint density at radius 1 is 1.42 bits per heavy atom. The first-order chi connectivity index (χ1) is 8.92. The molecule has 1 saturated heterocycles. The van der Waals surface area contributed by atoms with E-state index in [4.69, 9.17) is 0 Å². The van der Waals surface area contributed by atoms with E-state index < -0.39 is 11.5 Å². The van der Waals surface area contributed by atoms with Gasteiger partial charge in [-0.1, -0.05) is 13.8 Å². The molecule has 1 fully saturated rings. The van der Waals surface area contributed by atoms with Crippen LogP contribution in [0, 0.1) is 0 Å². The molecule has 2 atom stereocenters. The maximum Gasteiger partial charge on any atom is 0.324 e. The first kappa shape index (κ1) is 16.4. The minimum Gasteiger partial charge on any atom is -0.480 e. The highest BCUT2D eigenvalue weighted by Crippen LogP contribution is 2.16. The van der Waals surface area contributed by atoms with Crippen molar-refractivity contribution < 1.29 is 9.90 Å². The normalized spacial score (nSPS) is 25.8. The van der Waals surface area contributed by atoms with E-state index >= 15 is 0 Å². The van der Waals surface area contributed by atoms with Crippen molar-refractivity contribution in [2.75, 3.05) is 39.8 Å². The van der Waals surface area contributed by atoms with Gasteiger partial charge in [-0.2, -0.15) is 0 Å². The summed E-state index contributed by atoms with van der Waals surface area (Å²) in [5.41, 5.74) is -0.856. The second kappa shape index (κ2) is 7.22. The summed E-state index contributed by atoms with van der Waals surface area (Å²) in [4.78, 5) is 16.2. The predicted octanol–water partition coefficient (Wildman–Crippen LogP) is 0.855. The Morgan fingerprint density at radius 3 is 2.63 bits per heavy atom. The summed E-state index contributed by atoms with van der Waals surface area (Å²) in [6, 6.07) is 0.449. The maximum atomic E-state index is 11.5. The minimum atomic E-state index is -0.856. The number of aliphatic carboxylic acids is 1. The van der Waals surface area contributed by atoms with Crippen LogP contribution in [0.2, 0.25) is 0 Å². The lowest BCUT2D eigenvalue weighted by Crippen LogP contribution is -2.59. The molecular formula is C14H29N3O2. The van der Waals surface area contributed by atoms with Gasteiger partial charge in [-0.3, -0.25) is 9.69 Å². The fourth-order valence-corrected chi connectivity index (χ4v) is 2.88. The van der Waals surface area contributed by atoms with Gasteiger partial charge in [0.1, 0.15) is 5.54 Å². The first-order valence-electron chi connectivity index (χ1n) is 7.34. The van der Waals surface area contributed by atoms with Crippen LogP contribution in [0.25, 0.3) is 0 Å². The molecule has 0 aromatic carbocycles. The lowest BCUT2D eigenvalue weighted by molar-refractivity contribution is -0.145. The van der Waals surface area contributed by atoms with Crippen LogP contribution >= 0.6 is 0 Å². The summed E-state index contributed by atoms with van der Waals surface area (Å²) in [6.45, 7) is 10.3. The third kappa shape index (κ3) is 4.44. The van der Waals surface area contributed by atoms with Crippen molar-refractivity contribution in [3.05, 3.63) is 0 Å². The highest BCUT2D eigenvalue weighted by molar-refractivity contribution is 5.78. The summed E-state index contributed by atoms with van der Waals surface area (Å²) in [5, 5.41) is 12.6. The van der Waals surface area contributed by atoms with E-state index in [0.717, 1.165) is 32.5 Å². The zero-order valence-corrected chi connectivity index (χ0v) is 12.8. The minimum absolute atomic E-state index is 0.449. The van der Waals surface area contributed by atoms with Crippen LogP contribution in [-0.2, 0) is 4.79 Å². The van der Waals surface area contributed by atoms with Gasteiger partial charge in [0.05, 0.1) is 0 Å². The largest absolute Gasteiger partial charge is 0.480 e. The zero-order chi connectivity index (χ0) is 14.5. The Kier molecular flexibility index (Phi) is 6.23. The lowest BCUT2D eigenvalue weighted by Gasteiger charge is -2.37. The van der Waals surface area contributed by atoms with E-state index in [1.54, 1.807) is 6.92 Å². The van der Waals surface area contributed by atoms with Gasteiger partial charge in [-0.05, 0) is 46.4 Å². The van der Waals surface area contributed by atoms with Crippen LogP contribution in [0.5, 0.6) is 0 Å². The molecule has 0 spiro atoms. The van der Waals surface area contributed by atoms with Crippen LogP contribution in [-0.4, -0.2) is 72.2 Å². The first-order valence-corrected chi connectivity index (χ1v) is 7.34. The maximum absolute atomic E-state index is 11.5. The molecule has 0 radical (unpaired) electrons. The molecule has 2 N–H and O–H groups in total. The topological polar surface area (TPSA) is 55.8 Å². The standard InChI is InChI=1S/C14H29N3O2/c1-5-12-10-16(4)8-7-9-17(12)11-14(3,13(18)19)15-6-2/h12,15H,5-11H2,1-4H3,(H,18,19). The molecule has 0 aromatic rings. The van der Waals surface area contributed by atoms with E-state index in [9.17, 15) is 9.90 Å². The molecule has 0 bridgehead atoms. The van der Waals surface area contributed by atoms with Gasteiger partial charge in [-0.15, -0.1) is 0 Å². The van der Waals surface area contributed by atoms with E-state index in [1.807, 2.05) is 6.92 Å². The number of likely N-dealkylation sites (N-methyl/N-ethyl adjacent to an activating group) is 2. The van der Waals surface area contributed by atoms with E-state index in [1.165, 1.54) is 0 Å². The molecule has 0 saturated carbocycles. The second-order valence-electron chi connectivity index (χ2n) is 5.82. The number of nitrogens with zero attached hydrogens (tertiary/aromatic N) is 2. The molecule has 1 aliphatic rings. The summed E-state index contributed by atoms with van der Waals surface area (Å²) in [6.07, 6.45) is 2.17. The van der Waals surface area contributed by atoms with Crippen molar-refractivity contribution >= 4 is 5.97 Å². The van der Waals surface area contributed by atoms with Crippen LogP contribution in [0.3, 0.4) is 0 Å². The van der Waals surface area contributed by atoms with E-state index in [0.29, 0.717) is 19.1 Å². The lowest BCUT2D eigenvalue weighted by atomic mass is 10.00. The van der Waals surface area contributed by atoms with Gasteiger partial charge in [0.15, 0.2) is 0 Å². The van der Waals surface area contributed by atoms with Gasteiger partial charge >= 0.3 is 5.97 Å². The summed E-state index contributed by atoms with van der Waals surface area (Å²) < 4.78 is 0. The summed E-state index contributed by atoms with van der Waals surface area (Å²) >= 11 is 0. The summed E-state index contributed by atoms with van der Waals surface area (Å²) in [5.74, 6) is -0.762. The van der Waals surface area contributed by atoms with Gasteiger partial charge in [0, 0.05) is 19.1 Å². The molecule has 112 valence electrons. The summed E-state index contributed by atoms with van der Waals surface area (Å²) in [7, 11) is 2.15. The van der Waals surface area contributed by atoms with Gasteiger partial charge in [0.2, 0.25) is 0 Å². The third-order valence-electron chi connectivity index (χ3n) is 4.05. The SMILES string of the molecule is CCNC(C)(CN1CCCN(C)CC1CC)C(=O)O. The van der Waals surface area contributed by atoms with Crippen LogP contribution in [0.15, 0.2) is 0 Å². The monoisotopic (exact) mass is 271 g/mol. The van der Waals surface area contributed by atoms with Crippen molar-refractivity contribution in [2.24, 2.45) is 0 Å². The number of rotatable bonds is 6. The fraction of sp³-hybridized carbons (Fsp3) is 0.929. The van der Waals surface area contributed by atoms with Gasteiger partial charge < -0.3 is 15.3 Å².